The molecule has 2 heterocycles. The van der Waals surface area contributed by atoms with Crippen LogP contribution in [0.15, 0.2) is 60.8 Å². The number of carbonyl (C=O) groups is 2. The summed E-state index contributed by atoms with van der Waals surface area (Å²) in [6.45, 7) is 6.87. The Morgan fingerprint density at radius 3 is 2.55 bits per heavy atom. The van der Waals surface area contributed by atoms with Crippen LogP contribution in [0.25, 0.3) is 10.8 Å². The lowest BCUT2D eigenvalue weighted by Gasteiger charge is -2.38. The Hall–Kier alpha value is -3.29. The molecule has 1 aliphatic heterocycles. The molecule has 7 nitrogen and oxygen atoms in total. The summed E-state index contributed by atoms with van der Waals surface area (Å²) in [4.78, 5) is 33.1. The number of fused-ring (bicyclic) bond motifs is 1. The lowest BCUT2D eigenvalue weighted by atomic mass is 9.97. The van der Waals surface area contributed by atoms with E-state index in [2.05, 4.69) is 29.0 Å². The van der Waals surface area contributed by atoms with E-state index in [1.807, 2.05) is 61.5 Å². The molecule has 0 bridgehead atoms. The average Bonchev–Trinajstić information content (AvgIpc) is 2.92. The molecule has 0 aliphatic carbocycles. The number of nitrogen functional groups attached to an aromatic ring is 1. The summed E-state index contributed by atoms with van der Waals surface area (Å²) in [5.74, 6) is 0.329. The third kappa shape index (κ3) is 7.17. The summed E-state index contributed by atoms with van der Waals surface area (Å²) in [6, 6.07) is 17.7. The molecule has 1 unspecified atom stereocenters. The molecule has 1 saturated heterocycles. The van der Waals surface area contributed by atoms with Gasteiger partial charge in [-0.15, -0.1) is 0 Å². The first kappa shape index (κ1) is 27.7. The number of amides is 1. The Kier molecular flexibility index (Phi) is 9.48. The average molecular weight is 517 g/mol. The van der Waals surface area contributed by atoms with Crippen molar-refractivity contribution in [2.75, 3.05) is 12.3 Å². The van der Waals surface area contributed by atoms with Gasteiger partial charge in [0.15, 0.2) is 5.78 Å². The van der Waals surface area contributed by atoms with Gasteiger partial charge in [-0.05, 0) is 62.6 Å². The summed E-state index contributed by atoms with van der Waals surface area (Å²) in [6.07, 6.45) is 5.44. The summed E-state index contributed by atoms with van der Waals surface area (Å²) in [5, 5.41) is 4.93. The molecule has 3 N–H and O–H groups in total. The van der Waals surface area contributed by atoms with E-state index in [0.717, 1.165) is 34.7 Å². The number of nitrogens with zero attached hydrogens (tertiary/aromatic N) is 2. The van der Waals surface area contributed by atoms with Crippen LogP contribution < -0.4 is 11.1 Å². The van der Waals surface area contributed by atoms with Gasteiger partial charge < -0.3 is 15.8 Å². The maximum Gasteiger partial charge on any atom is 0.234 e. The number of nitrogens with one attached hydrogen (secondary N) is 1. The molecule has 3 aromatic rings. The van der Waals surface area contributed by atoms with Crippen LogP contribution in [-0.2, 0) is 27.4 Å². The van der Waals surface area contributed by atoms with Gasteiger partial charge in [0.1, 0.15) is 11.9 Å². The van der Waals surface area contributed by atoms with Crippen molar-refractivity contribution in [1.82, 2.24) is 15.2 Å². The normalized spacial score (nSPS) is 19.7. The highest BCUT2D eigenvalue weighted by atomic mass is 16.5. The number of piperidine rings is 1. The number of likely N-dealkylation sites (tertiary alicyclic amines) is 1. The SMILES string of the molecule is C[C@@H]1CCC[C@H](C)N1CC(=O)NC(C(=O)CCc1ccc2c(N)nccc2c1)[C@@H](C)OCc1ccccc1. The Bertz CT molecular complexity index is 1220. The molecule has 4 rings (SSSR count). The highest BCUT2D eigenvalue weighted by molar-refractivity contribution is 5.92. The lowest BCUT2D eigenvalue weighted by Crippen LogP contribution is -2.54. The fourth-order valence-electron chi connectivity index (χ4n) is 5.36. The molecular weight excluding hydrogens is 476 g/mol. The number of anilines is 1. The molecule has 1 aliphatic rings. The molecule has 0 spiro atoms. The van der Waals surface area contributed by atoms with E-state index >= 15 is 0 Å². The molecule has 2 aromatic carbocycles. The van der Waals surface area contributed by atoms with Crippen LogP contribution >= 0.6 is 0 Å². The third-order valence-corrected chi connectivity index (χ3v) is 7.71. The molecule has 1 fully saturated rings. The van der Waals surface area contributed by atoms with Gasteiger partial charge in [-0.2, -0.15) is 0 Å². The van der Waals surface area contributed by atoms with Crippen molar-refractivity contribution in [3.8, 4) is 0 Å². The van der Waals surface area contributed by atoms with Gasteiger partial charge in [-0.1, -0.05) is 55.0 Å². The standard InChI is InChI=1S/C31H40N4O3/c1-21-8-7-9-22(2)35(21)19-29(37)34-30(23(3)38-20-25-10-5-4-6-11-25)28(36)15-13-24-12-14-27-26(18-24)16-17-33-31(27)32/h4-6,10-12,14,16-18,21-23,30H,7-9,13,15,19-20H2,1-3H3,(H2,32,33)(H,34,37)/t21-,22+,23-,30?/m1/s1. The number of ether oxygens (including phenoxy) is 1. The first-order valence-electron chi connectivity index (χ1n) is 13.7. The van der Waals surface area contributed by atoms with Crippen molar-refractivity contribution >= 4 is 28.3 Å². The number of aromatic nitrogens is 1. The second-order valence-electron chi connectivity index (χ2n) is 10.6. The van der Waals surface area contributed by atoms with E-state index in [0.29, 0.717) is 37.4 Å². The van der Waals surface area contributed by atoms with Crippen molar-refractivity contribution < 1.29 is 14.3 Å². The number of rotatable bonds is 11. The van der Waals surface area contributed by atoms with Crippen LogP contribution in [0.3, 0.4) is 0 Å². The Balaban J connectivity index is 1.43. The molecule has 38 heavy (non-hydrogen) atoms. The highest BCUT2D eigenvalue weighted by Gasteiger charge is 2.31. The van der Waals surface area contributed by atoms with Gasteiger partial charge in [0.2, 0.25) is 5.91 Å². The van der Waals surface area contributed by atoms with E-state index in [-0.39, 0.29) is 18.2 Å². The van der Waals surface area contributed by atoms with Gasteiger partial charge in [0.05, 0.1) is 19.3 Å². The molecular formula is C31H40N4O3. The van der Waals surface area contributed by atoms with Crippen molar-refractivity contribution in [2.45, 2.75) is 83.7 Å². The number of pyridine rings is 1. The monoisotopic (exact) mass is 516 g/mol. The van der Waals surface area contributed by atoms with Gasteiger partial charge in [0, 0.05) is 30.1 Å². The highest BCUT2D eigenvalue weighted by Crippen LogP contribution is 2.23. The van der Waals surface area contributed by atoms with Crippen LogP contribution in [0, 0.1) is 0 Å². The molecule has 4 atom stereocenters. The first-order valence-corrected chi connectivity index (χ1v) is 13.7. The van der Waals surface area contributed by atoms with Crippen LogP contribution in [0.4, 0.5) is 5.82 Å². The molecule has 1 amide bonds. The Labute approximate surface area is 225 Å². The second-order valence-corrected chi connectivity index (χ2v) is 10.6. The number of hydrogen-bond acceptors (Lipinski definition) is 6. The zero-order valence-corrected chi connectivity index (χ0v) is 22.7. The summed E-state index contributed by atoms with van der Waals surface area (Å²) in [7, 11) is 0. The number of carbonyl (C=O) groups excluding carboxylic acids is 2. The first-order chi connectivity index (χ1) is 18.3. The summed E-state index contributed by atoms with van der Waals surface area (Å²) >= 11 is 0. The minimum atomic E-state index is -0.720. The van der Waals surface area contributed by atoms with Crippen molar-refractivity contribution in [3.63, 3.8) is 0 Å². The summed E-state index contributed by atoms with van der Waals surface area (Å²) in [5.41, 5.74) is 8.04. The zero-order valence-electron chi connectivity index (χ0n) is 22.7. The Morgan fingerprint density at radius 1 is 1.08 bits per heavy atom. The van der Waals surface area contributed by atoms with Gasteiger partial charge in [-0.3, -0.25) is 14.5 Å². The topological polar surface area (TPSA) is 97.6 Å². The smallest absolute Gasteiger partial charge is 0.234 e. The molecule has 202 valence electrons. The van der Waals surface area contributed by atoms with E-state index in [1.165, 1.54) is 6.42 Å². The van der Waals surface area contributed by atoms with Crippen LogP contribution in [0.1, 0.15) is 57.6 Å². The number of Topliss-reactive ketones (excluding diaryl/α,β-unsaturated/α-hetero) is 1. The van der Waals surface area contributed by atoms with Crippen molar-refractivity contribution in [1.29, 1.82) is 0 Å². The molecule has 0 radical (unpaired) electrons. The fraction of sp³-hybridized carbons (Fsp3) is 0.452. The van der Waals surface area contributed by atoms with Crippen LogP contribution in [-0.4, -0.2) is 52.3 Å². The predicted molar refractivity (Wildman–Crippen MR) is 152 cm³/mol. The van der Waals surface area contributed by atoms with Crippen molar-refractivity contribution in [3.05, 3.63) is 71.9 Å². The van der Waals surface area contributed by atoms with Crippen molar-refractivity contribution in [2.24, 2.45) is 0 Å². The minimum absolute atomic E-state index is 0.0343. The zero-order chi connectivity index (χ0) is 27.1. The van der Waals surface area contributed by atoms with Gasteiger partial charge in [-0.25, -0.2) is 4.98 Å². The lowest BCUT2D eigenvalue weighted by molar-refractivity contribution is -0.133. The second kappa shape index (κ2) is 13.0. The van der Waals surface area contributed by atoms with E-state index in [1.54, 1.807) is 6.20 Å². The maximum atomic E-state index is 13.5. The van der Waals surface area contributed by atoms with Crippen LogP contribution in [0.2, 0.25) is 0 Å². The Morgan fingerprint density at radius 2 is 1.82 bits per heavy atom. The largest absolute Gasteiger partial charge is 0.383 e. The van der Waals surface area contributed by atoms with E-state index < -0.39 is 12.1 Å². The van der Waals surface area contributed by atoms with E-state index in [4.69, 9.17) is 10.5 Å². The maximum absolute atomic E-state index is 13.5. The van der Waals surface area contributed by atoms with Crippen LogP contribution in [0.5, 0.6) is 0 Å². The quantitative estimate of drug-likeness (QED) is 0.384. The predicted octanol–water partition coefficient (Wildman–Crippen LogP) is 4.67. The van der Waals surface area contributed by atoms with Gasteiger partial charge in [0.25, 0.3) is 0 Å². The number of ketones is 1. The molecule has 7 heteroatoms. The number of hydrogen-bond donors (Lipinski definition) is 2. The third-order valence-electron chi connectivity index (χ3n) is 7.71. The number of benzene rings is 2. The fourth-order valence-corrected chi connectivity index (χ4v) is 5.36. The minimum Gasteiger partial charge on any atom is -0.383 e. The van der Waals surface area contributed by atoms with Gasteiger partial charge >= 0.3 is 0 Å². The molecule has 0 saturated carbocycles. The molecule has 1 aromatic heterocycles. The van der Waals surface area contributed by atoms with E-state index in [9.17, 15) is 9.59 Å². The number of aryl methyl sites for hydroxylation is 1. The number of nitrogens with two attached hydrogens (primary N) is 1. The summed E-state index contributed by atoms with van der Waals surface area (Å²) < 4.78 is 6.10.